The van der Waals surface area contributed by atoms with Crippen LogP contribution in [0.4, 0.5) is 10.5 Å². The van der Waals surface area contributed by atoms with Crippen LogP contribution < -0.4 is 21.1 Å². The largest absolute Gasteiger partial charge is 0.496 e. The van der Waals surface area contributed by atoms with Gasteiger partial charge >= 0.3 is 12.1 Å². The van der Waals surface area contributed by atoms with Crippen LogP contribution in [0.15, 0.2) is 36.4 Å². The van der Waals surface area contributed by atoms with E-state index in [0.29, 0.717) is 31.1 Å². The molecule has 1 saturated heterocycles. The Morgan fingerprint density at radius 1 is 1.05 bits per heavy atom. The number of nitrogen functional groups attached to an aromatic ring is 1. The summed E-state index contributed by atoms with van der Waals surface area (Å²) >= 11 is 6.04. The lowest BCUT2D eigenvalue weighted by Gasteiger charge is -2.31. The van der Waals surface area contributed by atoms with Crippen molar-refractivity contribution in [1.82, 2.24) is 15.5 Å². The van der Waals surface area contributed by atoms with E-state index in [4.69, 9.17) is 31.5 Å². The Labute approximate surface area is 240 Å². The molecule has 2 amide bonds. The third-order valence-electron chi connectivity index (χ3n) is 6.43. The third-order valence-corrected chi connectivity index (χ3v) is 6.76. The summed E-state index contributed by atoms with van der Waals surface area (Å²) in [5.41, 5.74) is 7.64. The minimum absolute atomic E-state index is 0.0238. The summed E-state index contributed by atoms with van der Waals surface area (Å²) in [5.74, 6) is -0.270. The summed E-state index contributed by atoms with van der Waals surface area (Å²) in [6.07, 6.45) is 0.977. The molecule has 2 aromatic rings. The van der Waals surface area contributed by atoms with Gasteiger partial charge in [0.1, 0.15) is 23.5 Å². The Balaban J connectivity index is 1.37. The first kappa shape index (κ1) is 31.0. The lowest BCUT2D eigenvalue weighted by molar-refractivity contribution is -0.126. The molecular formula is C29H39ClN4O6. The number of piperidine rings is 1. The Morgan fingerprint density at radius 2 is 1.70 bits per heavy atom. The molecule has 0 unspecified atom stereocenters. The molecule has 2 aromatic carbocycles. The maximum absolute atomic E-state index is 12.8. The van der Waals surface area contributed by atoms with Crippen LogP contribution in [-0.4, -0.2) is 61.8 Å². The van der Waals surface area contributed by atoms with Crippen molar-refractivity contribution in [2.75, 3.05) is 39.1 Å². The van der Waals surface area contributed by atoms with E-state index in [1.165, 1.54) is 19.2 Å². The van der Waals surface area contributed by atoms with Crippen molar-refractivity contribution in [3.63, 3.8) is 0 Å². The Bertz CT molecular complexity index is 1190. The molecule has 0 atom stereocenters. The number of hydrogen-bond donors (Lipinski definition) is 3. The van der Waals surface area contributed by atoms with E-state index < -0.39 is 17.7 Å². The van der Waals surface area contributed by atoms with E-state index in [0.717, 1.165) is 37.1 Å². The van der Waals surface area contributed by atoms with Crippen LogP contribution in [0, 0.1) is 5.92 Å². The van der Waals surface area contributed by atoms with Gasteiger partial charge in [-0.05, 0) is 63.9 Å². The van der Waals surface area contributed by atoms with E-state index in [9.17, 15) is 14.4 Å². The molecule has 40 heavy (non-hydrogen) atoms. The molecule has 0 bridgehead atoms. The number of anilines is 1. The van der Waals surface area contributed by atoms with Gasteiger partial charge in [-0.1, -0.05) is 35.9 Å². The average molecular weight is 575 g/mol. The van der Waals surface area contributed by atoms with Crippen molar-refractivity contribution in [2.24, 2.45) is 5.92 Å². The van der Waals surface area contributed by atoms with E-state index >= 15 is 0 Å². The fourth-order valence-electron chi connectivity index (χ4n) is 4.33. The zero-order valence-corrected chi connectivity index (χ0v) is 24.3. The van der Waals surface area contributed by atoms with E-state index in [-0.39, 0.29) is 29.0 Å². The Hall–Kier alpha value is -3.50. The molecule has 11 heteroatoms. The maximum Gasteiger partial charge on any atom is 0.407 e. The van der Waals surface area contributed by atoms with Gasteiger partial charge in [-0.2, -0.15) is 0 Å². The lowest BCUT2D eigenvalue weighted by Crippen LogP contribution is -2.41. The number of nitrogens with one attached hydrogen (secondary N) is 2. The number of alkyl carbamates (subject to hydrolysis) is 1. The smallest absolute Gasteiger partial charge is 0.407 e. The molecular weight excluding hydrogens is 536 g/mol. The number of halogens is 1. The zero-order valence-electron chi connectivity index (χ0n) is 23.6. The molecule has 218 valence electrons. The van der Waals surface area contributed by atoms with Crippen LogP contribution in [0.3, 0.4) is 0 Å². The molecule has 10 nitrogen and oxygen atoms in total. The monoisotopic (exact) mass is 574 g/mol. The molecule has 1 aliphatic heterocycles. The standard InChI is InChI=1S/C29H39ClN4O6/c1-29(2,3)40-28(37)33-18-20-7-5-6-19(14-20)17-32-26(35)21-8-10-34(11-9-21)12-13-39-27(36)22-15-23(30)24(31)16-25(22)38-4/h5-7,14-16,21H,8-13,17-18,31H2,1-4H3,(H,32,35)(H,33,37). The number of carbonyl (C=O) groups is 3. The normalized spacial score (nSPS) is 14.3. The lowest BCUT2D eigenvalue weighted by atomic mass is 9.96. The fraction of sp³-hybridized carbons (Fsp3) is 0.483. The number of ether oxygens (including phenoxy) is 3. The highest BCUT2D eigenvalue weighted by atomic mass is 35.5. The first-order valence-corrected chi connectivity index (χ1v) is 13.7. The molecule has 4 N–H and O–H groups in total. The van der Waals surface area contributed by atoms with Crippen LogP contribution in [0.1, 0.15) is 55.1 Å². The molecule has 1 heterocycles. The van der Waals surface area contributed by atoms with Crippen molar-refractivity contribution < 1.29 is 28.6 Å². The highest BCUT2D eigenvalue weighted by molar-refractivity contribution is 6.33. The van der Waals surface area contributed by atoms with Crippen molar-refractivity contribution in [3.8, 4) is 5.75 Å². The highest BCUT2D eigenvalue weighted by Gasteiger charge is 2.25. The van der Waals surface area contributed by atoms with Gasteiger partial charge in [-0.25, -0.2) is 9.59 Å². The average Bonchev–Trinajstić information content (AvgIpc) is 2.91. The predicted octanol–water partition coefficient (Wildman–Crippen LogP) is 4.14. The number of benzene rings is 2. The number of nitrogens with two attached hydrogens (primary N) is 1. The van der Waals surface area contributed by atoms with Crippen LogP contribution in [0.25, 0.3) is 0 Å². The van der Waals surface area contributed by atoms with Crippen LogP contribution in [-0.2, 0) is 27.4 Å². The van der Waals surface area contributed by atoms with Gasteiger partial charge in [0.2, 0.25) is 5.91 Å². The Kier molecular flexibility index (Phi) is 11.0. The minimum Gasteiger partial charge on any atom is -0.496 e. The van der Waals surface area contributed by atoms with Gasteiger partial charge in [-0.15, -0.1) is 0 Å². The summed E-state index contributed by atoms with van der Waals surface area (Å²) in [5, 5.41) is 6.04. The summed E-state index contributed by atoms with van der Waals surface area (Å²) in [6.45, 7) is 8.44. The molecule has 1 aliphatic rings. The van der Waals surface area contributed by atoms with Gasteiger partial charge in [0, 0.05) is 31.6 Å². The molecule has 0 saturated carbocycles. The van der Waals surface area contributed by atoms with Gasteiger partial charge in [0.25, 0.3) is 0 Å². The number of carbonyl (C=O) groups excluding carboxylic acids is 3. The van der Waals surface area contributed by atoms with Gasteiger partial charge in [0.15, 0.2) is 0 Å². The van der Waals surface area contributed by atoms with Gasteiger partial charge < -0.3 is 30.6 Å². The number of rotatable bonds is 10. The molecule has 0 aromatic heterocycles. The summed E-state index contributed by atoms with van der Waals surface area (Å²) in [4.78, 5) is 39.3. The van der Waals surface area contributed by atoms with Crippen LogP contribution >= 0.6 is 11.6 Å². The minimum atomic E-state index is -0.554. The number of amides is 2. The summed E-state index contributed by atoms with van der Waals surface area (Å²) in [7, 11) is 1.45. The number of hydrogen-bond acceptors (Lipinski definition) is 8. The number of nitrogens with zero attached hydrogens (tertiary/aromatic N) is 1. The molecule has 0 aliphatic carbocycles. The third kappa shape index (κ3) is 9.60. The second-order valence-electron chi connectivity index (χ2n) is 10.7. The van der Waals surface area contributed by atoms with Gasteiger partial charge in [-0.3, -0.25) is 9.69 Å². The van der Waals surface area contributed by atoms with Crippen molar-refractivity contribution in [1.29, 1.82) is 0 Å². The topological polar surface area (TPSA) is 132 Å². The molecule has 0 radical (unpaired) electrons. The number of esters is 1. The maximum atomic E-state index is 12.8. The predicted molar refractivity (Wildman–Crippen MR) is 153 cm³/mol. The zero-order chi connectivity index (χ0) is 29.3. The van der Waals surface area contributed by atoms with Crippen molar-refractivity contribution in [3.05, 3.63) is 58.1 Å². The quantitative estimate of drug-likeness (QED) is 0.285. The second kappa shape index (κ2) is 14.2. The van der Waals surface area contributed by atoms with E-state index in [1.54, 1.807) is 0 Å². The molecule has 0 spiro atoms. The first-order chi connectivity index (χ1) is 18.9. The fourth-order valence-corrected chi connectivity index (χ4v) is 4.50. The number of methoxy groups -OCH3 is 1. The molecule has 1 fully saturated rings. The summed E-state index contributed by atoms with van der Waals surface area (Å²) < 4.78 is 15.9. The first-order valence-electron chi connectivity index (χ1n) is 13.3. The highest BCUT2D eigenvalue weighted by Crippen LogP contribution is 2.29. The van der Waals surface area contributed by atoms with E-state index in [2.05, 4.69) is 15.5 Å². The molecule has 3 rings (SSSR count). The summed E-state index contributed by atoms with van der Waals surface area (Å²) in [6, 6.07) is 10.6. The second-order valence-corrected chi connectivity index (χ2v) is 11.1. The van der Waals surface area contributed by atoms with E-state index in [1.807, 2.05) is 45.0 Å². The Morgan fingerprint density at radius 3 is 2.33 bits per heavy atom. The van der Waals surface area contributed by atoms with Crippen molar-refractivity contribution >= 4 is 35.3 Å². The van der Waals surface area contributed by atoms with Crippen LogP contribution in [0.5, 0.6) is 5.75 Å². The number of likely N-dealkylation sites (tertiary alicyclic amines) is 1. The SMILES string of the molecule is COc1cc(N)c(Cl)cc1C(=O)OCCN1CCC(C(=O)NCc2cccc(CNC(=O)OC(C)(C)C)c2)CC1. The van der Waals surface area contributed by atoms with Crippen molar-refractivity contribution in [2.45, 2.75) is 52.3 Å². The van der Waals surface area contributed by atoms with Gasteiger partial charge in [0.05, 0.1) is 17.8 Å². The van der Waals surface area contributed by atoms with Crippen LogP contribution in [0.2, 0.25) is 5.02 Å².